The molecule has 0 aromatic carbocycles. The van der Waals surface area contributed by atoms with Crippen LogP contribution in [-0.4, -0.2) is 56.7 Å². The van der Waals surface area contributed by atoms with Gasteiger partial charge >= 0.3 is 0 Å². The number of aryl methyl sites for hydroxylation is 2. The molecular formula is C14H17ClN6O. The summed E-state index contributed by atoms with van der Waals surface area (Å²) >= 11 is 6.18. The number of aromatic nitrogens is 4. The van der Waals surface area contributed by atoms with Crippen molar-refractivity contribution in [1.82, 2.24) is 24.6 Å². The largest absolute Gasteiger partial charge is 0.352 e. The second-order valence-electron chi connectivity index (χ2n) is 5.22. The predicted octanol–water partition coefficient (Wildman–Crippen LogP) is 1.13. The molecule has 0 aliphatic carbocycles. The summed E-state index contributed by atoms with van der Waals surface area (Å²) in [5.41, 5.74) is 1.16. The molecule has 22 heavy (non-hydrogen) atoms. The maximum absolute atomic E-state index is 12.6. The van der Waals surface area contributed by atoms with Gasteiger partial charge in [0.2, 0.25) is 0 Å². The Hall–Kier alpha value is -2.15. The summed E-state index contributed by atoms with van der Waals surface area (Å²) in [6, 6.07) is 0. The third kappa shape index (κ3) is 2.64. The van der Waals surface area contributed by atoms with Gasteiger partial charge in [-0.2, -0.15) is 5.10 Å². The first-order valence-electron chi connectivity index (χ1n) is 7.07. The summed E-state index contributed by atoms with van der Waals surface area (Å²) in [6.45, 7) is 4.50. The number of nitrogens with zero attached hydrogens (tertiary/aromatic N) is 6. The van der Waals surface area contributed by atoms with E-state index in [9.17, 15) is 4.79 Å². The predicted molar refractivity (Wildman–Crippen MR) is 83.1 cm³/mol. The third-order valence-corrected chi connectivity index (χ3v) is 4.24. The first-order chi connectivity index (χ1) is 10.6. The Balaban J connectivity index is 1.70. The van der Waals surface area contributed by atoms with Crippen LogP contribution >= 0.6 is 11.6 Å². The number of amides is 1. The van der Waals surface area contributed by atoms with E-state index in [1.165, 1.54) is 4.68 Å². The van der Waals surface area contributed by atoms with Crippen molar-refractivity contribution in [3.63, 3.8) is 0 Å². The summed E-state index contributed by atoms with van der Waals surface area (Å²) in [4.78, 5) is 24.9. The van der Waals surface area contributed by atoms with Crippen molar-refractivity contribution >= 4 is 23.3 Å². The monoisotopic (exact) mass is 320 g/mol. The molecule has 1 fully saturated rings. The van der Waals surface area contributed by atoms with Gasteiger partial charge in [-0.1, -0.05) is 11.6 Å². The lowest BCUT2D eigenvalue weighted by Crippen LogP contribution is -2.49. The van der Waals surface area contributed by atoms with Crippen molar-refractivity contribution < 1.29 is 4.79 Å². The van der Waals surface area contributed by atoms with Crippen LogP contribution in [0, 0.1) is 6.92 Å². The van der Waals surface area contributed by atoms with Gasteiger partial charge in [0.15, 0.2) is 0 Å². The van der Waals surface area contributed by atoms with Crippen molar-refractivity contribution in [1.29, 1.82) is 0 Å². The first-order valence-corrected chi connectivity index (χ1v) is 7.45. The Morgan fingerprint density at radius 3 is 2.50 bits per heavy atom. The average Bonchev–Trinajstić information content (AvgIpc) is 2.80. The number of carbonyl (C=O) groups is 1. The number of piperazine rings is 1. The van der Waals surface area contributed by atoms with Crippen molar-refractivity contribution in [2.45, 2.75) is 6.92 Å². The van der Waals surface area contributed by atoms with Gasteiger partial charge in [-0.15, -0.1) is 0 Å². The van der Waals surface area contributed by atoms with Gasteiger partial charge < -0.3 is 9.80 Å². The topological polar surface area (TPSA) is 67.2 Å². The van der Waals surface area contributed by atoms with E-state index in [1.54, 1.807) is 32.6 Å². The number of halogens is 1. The second-order valence-corrected chi connectivity index (χ2v) is 5.58. The molecule has 8 heteroatoms. The van der Waals surface area contributed by atoms with E-state index in [-0.39, 0.29) is 5.91 Å². The molecule has 0 atom stereocenters. The minimum absolute atomic E-state index is 0.0607. The number of rotatable bonds is 2. The zero-order valence-electron chi connectivity index (χ0n) is 12.5. The van der Waals surface area contributed by atoms with Gasteiger partial charge in [-0.3, -0.25) is 14.5 Å². The van der Waals surface area contributed by atoms with Crippen LogP contribution in [0.2, 0.25) is 5.15 Å². The van der Waals surface area contributed by atoms with E-state index < -0.39 is 0 Å². The second kappa shape index (κ2) is 5.92. The van der Waals surface area contributed by atoms with E-state index in [1.807, 2.05) is 4.90 Å². The van der Waals surface area contributed by atoms with E-state index in [4.69, 9.17) is 11.6 Å². The SMILES string of the molecule is Cc1nn(C)c(Cl)c1C(=O)N1CCN(c2cnccn2)CC1. The lowest BCUT2D eigenvalue weighted by molar-refractivity contribution is 0.0746. The van der Waals surface area contributed by atoms with Gasteiger partial charge in [0.05, 0.1) is 17.5 Å². The summed E-state index contributed by atoms with van der Waals surface area (Å²) < 4.78 is 1.53. The lowest BCUT2D eigenvalue weighted by Gasteiger charge is -2.35. The molecule has 7 nitrogen and oxygen atoms in total. The highest BCUT2D eigenvalue weighted by atomic mass is 35.5. The van der Waals surface area contributed by atoms with Crippen LogP contribution in [0.5, 0.6) is 0 Å². The van der Waals surface area contributed by atoms with Crippen LogP contribution in [-0.2, 0) is 7.05 Å². The Labute approximate surface area is 133 Å². The maximum atomic E-state index is 12.6. The van der Waals surface area contributed by atoms with E-state index in [0.29, 0.717) is 29.5 Å². The van der Waals surface area contributed by atoms with Crippen LogP contribution in [0.3, 0.4) is 0 Å². The molecule has 1 aliphatic heterocycles. The number of hydrogen-bond acceptors (Lipinski definition) is 5. The molecule has 1 amide bonds. The Bertz CT molecular complexity index is 678. The van der Waals surface area contributed by atoms with Gasteiger partial charge in [0.1, 0.15) is 11.0 Å². The highest BCUT2D eigenvalue weighted by Crippen LogP contribution is 2.22. The molecule has 0 unspecified atom stereocenters. The lowest BCUT2D eigenvalue weighted by atomic mass is 10.2. The molecule has 2 aromatic rings. The maximum Gasteiger partial charge on any atom is 0.259 e. The van der Waals surface area contributed by atoms with Gasteiger partial charge in [0.25, 0.3) is 5.91 Å². The standard InChI is InChI=1S/C14H17ClN6O/c1-10-12(13(15)19(2)18-10)14(22)21-7-5-20(6-8-21)11-9-16-3-4-17-11/h3-4,9H,5-8H2,1-2H3. The summed E-state index contributed by atoms with van der Waals surface area (Å²) in [7, 11) is 1.73. The first kappa shape index (κ1) is 14.8. The molecule has 2 aromatic heterocycles. The van der Waals surface area contributed by atoms with Crippen molar-refractivity contribution in [2.75, 3.05) is 31.1 Å². The minimum atomic E-state index is -0.0607. The fourth-order valence-electron chi connectivity index (χ4n) is 2.62. The average molecular weight is 321 g/mol. The number of anilines is 1. The smallest absolute Gasteiger partial charge is 0.259 e. The Kier molecular flexibility index (Phi) is 3.98. The van der Waals surface area contributed by atoms with Crippen molar-refractivity contribution in [3.8, 4) is 0 Å². The van der Waals surface area contributed by atoms with Crippen molar-refractivity contribution in [3.05, 3.63) is 35.0 Å². The fourth-order valence-corrected chi connectivity index (χ4v) is 2.88. The molecular weight excluding hydrogens is 304 g/mol. The van der Waals surface area contributed by atoms with Gasteiger partial charge in [-0.25, -0.2) is 4.98 Å². The summed E-state index contributed by atoms with van der Waals surface area (Å²) in [6.07, 6.45) is 5.06. The molecule has 116 valence electrons. The molecule has 3 rings (SSSR count). The molecule has 1 aliphatic rings. The molecule has 0 N–H and O–H groups in total. The third-order valence-electron chi connectivity index (χ3n) is 3.81. The normalized spacial score (nSPS) is 15.2. The van der Waals surface area contributed by atoms with Crippen LogP contribution in [0.25, 0.3) is 0 Å². The van der Waals surface area contributed by atoms with Crippen LogP contribution in [0.15, 0.2) is 18.6 Å². The molecule has 0 spiro atoms. The molecule has 0 saturated carbocycles. The van der Waals surface area contributed by atoms with E-state index in [2.05, 4.69) is 20.0 Å². The summed E-state index contributed by atoms with van der Waals surface area (Å²) in [5.74, 6) is 0.777. The van der Waals surface area contributed by atoms with Crippen LogP contribution in [0.4, 0.5) is 5.82 Å². The van der Waals surface area contributed by atoms with E-state index in [0.717, 1.165) is 18.9 Å². The van der Waals surface area contributed by atoms with Gasteiger partial charge in [0, 0.05) is 45.6 Å². The highest BCUT2D eigenvalue weighted by molar-refractivity contribution is 6.33. The minimum Gasteiger partial charge on any atom is -0.352 e. The molecule has 0 bridgehead atoms. The molecule has 0 radical (unpaired) electrons. The zero-order chi connectivity index (χ0) is 15.7. The van der Waals surface area contributed by atoms with Gasteiger partial charge in [-0.05, 0) is 6.92 Å². The van der Waals surface area contributed by atoms with Crippen LogP contribution < -0.4 is 4.90 Å². The Morgan fingerprint density at radius 2 is 1.95 bits per heavy atom. The van der Waals surface area contributed by atoms with E-state index >= 15 is 0 Å². The number of hydrogen-bond donors (Lipinski definition) is 0. The highest BCUT2D eigenvalue weighted by Gasteiger charge is 2.27. The quantitative estimate of drug-likeness (QED) is 0.830. The molecule has 3 heterocycles. The van der Waals surface area contributed by atoms with Crippen molar-refractivity contribution in [2.24, 2.45) is 7.05 Å². The summed E-state index contributed by atoms with van der Waals surface area (Å²) in [5, 5.41) is 4.59. The fraction of sp³-hybridized carbons (Fsp3) is 0.429. The zero-order valence-corrected chi connectivity index (χ0v) is 13.3. The molecule has 1 saturated heterocycles. The number of carbonyl (C=O) groups excluding carboxylic acids is 1. The van der Waals surface area contributed by atoms with Crippen LogP contribution in [0.1, 0.15) is 16.1 Å². The Morgan fingerprint density at radius 1 is 1.23 bits per heavy atom.